The number of hydrogen-bond acceptors (Lipinski definition) is 4. The number of rotatable bonds is 10. The molecule has 0 fully saturated rings. The highest BCUT2D eigenvalue weighted by molar-refractivity contribution is 7.09. The van der Waals surface area contributed by atoms with Crippen LogP contribution in [-0.2, 0) is 25.8 Å². The van der Waals surface area contributed by atoms with E-state index in [4.69, 9.17) is 16.6 Å². The lowest BCUT2D eigenvalue weighted by atomic mass is 10.1. The molecule has 0 unspecified atom stereocenters. The minimum atomic E-state index is 0.754. The molecular weight excluding hydrogens is 404 g/mol. The molecule has 0 saturated heterocycles. The van der Waals surface area contributed by atoms with Crippen LogP contribution in [0.25, 0.3) is 0 Å². The Morgan fingerprint density at radius 3 is 2.72 bits per heavy atom. The van der Waals surface area contributed by atoms with Crippen LogP contribution in [0, 0.1) is 0 Å². The molecule has 154 valence electrons. The Kier molecular flexibility index (Phi) is 8.52. The third-order valence-electron chi connectivity index (χ3n) is 4.48. The average molecular weight is 431 g/mol. The van der Waals surface area contributed by atoms with Crippen molar-refractivity contribution in [2.45, 2.75) is 32.7 Å². The zero-order valence-electron chi connectivity index (χ0n) is 16.6. The Hall–Kier alpha value is -2.38. The minimum absolute atomic E-state index is 0.754. The highest BCUT2D eigenvalue weighted by Gasteiger charge is 2.03. The second kappa shape index (κ2) is 11.6. The lowest BCUT2D eigenvalue weighted by Gasteiger charge is -2.13. The van der Waals surface area contributed by atoms with Crippen LogP contribution in [0.1, 0.15) is 23.2 Å². The molecule has 0 aliphatic carbocycles. The largest absolute Gasteiger partial charge is 0.356 e. The van der Waals surface area contributed by atoms with Gasteiger partial charge in [-0.15, -0.1) is 21.5 Å². The number of nitrogens with one attached hydrogen (secondary N) is 2. The zero-order chi connectivity index (χ0) is 20.3. The summed E-state index contributed by atoms with van der Waals surface area (Å²) in [5.41, 5.74) is 1.25. The predicted molar refractivity (Wildman–Crippen MR) is 121 cm³/mol. The monoisotopic (exact) mass is 430 g/mol. The maximum Gasteiger partial charge on any atom is 0.191 e. The van der Waals surface area contributed by atoms with Crippen LogP contribution in [0.2, 0.25) is 5.02 Å². The van der Waals surface area contributed by atoms with Crippen molar-refractivity contribution in [3.05, 3.63) is 69.4 Å². The molecule has 0 spiro atoms. The Morgan fingerprint density at radius 2 is 1.97 bits per heavy atom. The van der Waals surface area contributed by atoms with Gasteiger partial charge in [0.25, 0.3) is 0 Å². The van der Waals surface area contributed by atoms with Crippen LogP contribution >= 0.6 is 22.9 Å². The van der Waals surface area contributed by atoms with Crippen molar-refractivity contribution in [1.29, 1.82) is 0 Å². The minimum Gasteiger partial charge on any atom is -0.356 e. The summed E-state index contributed by atoms with van der Waals surface area (Å²) in [7, 11) is 0. The maximum absolute atomic E-state index is 5.96. The van der Waals surface area contributed by atoms with Gasteiger partial charge in [0.05, 0.1) is 0 Å². The fourth-order valence-corrected chi connectivity index (χ4v) is 3.74. The Morgan fingerprint density at radius 1 is 1.14 bits per heavy atom. The van der Waals surface area contributed by atoms with E-state index in [1.54, 1.807) is 17.7 Å². The smallest absolute Gasteiger partial charge is 0.191 e. The van der Waals surface area contributed by atoms with Crippen LogP contribution in [-0.4, -0.2) is 40.4 Å². The number of aromatic nitrogens is 3. The van der Waals surface area contributed by atoms with Crippen molar-refractivity contribution < 1.29 is 0 Å². The zero-order valence-corrected chi connectivity index (χ0v) is 18.2. The molecular formula is C21H27ClN6S. The lowest BCUT2D eigenvalue weighted by molar-refractivity contribution is 0.631. The summed E-state index contributed by atoms with van der Waals surface area (Å²) < 4.78 is 2.07. The average Bonchev–Trinajstić information content (AvgIpc) is 3.41. The molecule has 0 amide bonds. The Bertz CT molecular complexity index is 873. The van der Waals surface area contributed by atoms with Crippen molar-refractivity contribution in [1.82, 2.24) is 25.4 Å². The molecule has 3 rings (SSSR count). The molecule has 0 aliphatic heterocycles. The summed E-state index contributed by atoms with van der Waals surface area (Å²) in [5, 5.41) is 17.9. The molecule has 6 nitrogen and oxygen atoms in total. The molecule has 2 heterocycles. The normalized spacial score (nSPS) is 11.6. The molecule has 0 bridgehead atoms. The first-order chi connectivity index (χ1) is 14.2. The number of guanidine groups is 1. The van der Waals surface area contributed by atoms with E-state index in [1.807, 2.05) is 12.1 Å². The van der Waals surface area contributed by atoms with Gasteiger partial charge in [0.1, 0.15) is 12.2 Å². The van der Waals surface area contributed by atoms with Gasteiger partial charge in [0.2, 0.25) is 0 Å². The first-order valence-corrected chi connectivity index (χ1v) is 11.2. The molecule has 0 radical (unpaired) electrons. The van der Waals surface area contributed by atoms with Crippen molar-refractivity contribution in [2.75, 3.05) is 19.6 Å². The number of aryl methyl sites for hydroxylation is 1. The van der Waals surface area contributed by atoms with Crippen molar-refractivity contribution in [3.8, 4) is 0 Å². The summed E-state index contributed by atoms with van der Waals surface area (Å²) in [6.07, 6.45) is 4.52. The summed E-state index contributed by atoms with van der Waals surface area (Å²) in [5.74, 6) is 1.83. The summed E-state index contributed by atoms with van der Waals surface area (Å²) >= 11 is 7.73. The fourth-order valence-electron chi connectivity index (χ4n) is 2.92. The molecule has 0 saturated carbocycles. The van der Waals surface area contributed by atoms with Crippen LogP contribution in [0.15, 0.2) is 53.1 Å². The van der Waals surface area contributed by atoms with Crippen LogP contribution in [0.4, 0.5) is 0 Å². The van der Waals surface area contributed by atoms with Gasteiger partial charge in [-0.05, 0) is 35.6 Å². The van der Waals surface area contributed by atoms with Gasteiger partial charge in [-0.1, -0.05) is 36.7 Å². The molecule has 0 atom stereocenters. The number of aliphatic imine (C=N–C) groups is 1. The van der Waals surface area contributed by atoms with E-state index in [0.29, 0.717) is 0 Å². The van der Waals surface area contributed by atoms with Crippen molar-refractivity contribution in [2.24, 2.45) is 4.99 Å². The van der Waals surface area contributed by atoms with E-state index in [0.717, 1.165) is 62.2 Å². The fraction of sp³-hybridized carbons (Fsp3) is 0.381. The van der Waals surface area contributed by atoms with Gasteiger partial charge in [0.15, 0.2) is 5.96 Å². The molecule has 8 heteroatoms. The number of halogens is 1. The molecule has 0 aliphatic rings. The number of thiophene rings is 1. The van der Waals surface area contributed by atoms with Gasteiger partial charge in [-0.3, -0.25) is 4.99 Å². The van der Waals surface area contributed by atoms with Crippen LogP contribution in [0.5, 0.6) is 0 Å². The van der Waals surface area contributed by atoms with E-state index in [1.165, 1.54) is 10.4 Å². The summed E-state index contributed by atoms with van der Waals surface area (Å²) in [6.45, 7) is 5.21. The summed E-state index contributed by atoms with van der Waals surface area (Å²) in [6, 6.07) is 12.2. The van der Waals surface area contributed by atoms with E-state index in [9.17, 15) is 0 Å². The topological polar surface area (TPSA) is 67.1 Å². The maximum atomic E-state index is 5.96. The van der Waals surface area contributed by atoms with Gasteiger partial charge in [-0.25, -0.2) is 0 Å². The van der Waals surface area contributed by atoms with Gasteiger partial charge in [0, 0.05) is 48.9 Å². The highest BCUT2D eigenvalue weighted by atomic mass is 35.5. The SMILES string of the molecule is CCc1nncn1CCNC(=NCCc1cccs1)NCCc1ccc(Cl)cc1. The molecule has 1 aromatic carbocycles. The van der Waals surface area contributed by atoms with E-state index in [-0.39, 0.29) is 0 Å². The van der Waals surface area contributed by atoms with Gasteiger partial charge in [-0.2, -0.15) is 0 Å². The quantitative estimate of drug-likeness (QED) is 0.381. The number of hydrogen-bond donors (Lipinski definition) is 2. The van der Waals surface area contributed by atoms with E-state index in [2.05, 4.69) is 62.0 Å². The molecule has 2 N–H and O–H groups in total. The van der Waals surface area contributed by atoms with Crippen LogP contribution in [0.3, 0.4) is 0 Å². The second-order valence-corrected chi connectivity index (χ2v) is 8.05. The van der Waals surface area contributed by atoms with Gasteiger partial charge < -0.3 is 15.2 Å². The standard InChI is InChI=1S/C21H27ClN6S/c1-2-20-27-26-16-28(20)14-13-25-21(24-12-10-19-4-3-15-29-19)23-11-9-17-5-7-18(22)8-6-17/h3-8,15-16H,2,9-14H2,1H3,(H2,23,24,25). The number of benzene rings is 1. The third-order valence-corrected chi connectivity index (χ3v) is 5.67. The predicted octanol–water partition coefficient (Wildman–Crippen LogP) is 3.58. The van der Waals surface area contributed by atoms with Crippen molar-refractivity contribution in [3.63, 3.8) is 0 Å². The number of nitrogens with zero attached hydrogens (tertiary/aromatic N) is 4. The van der Waals surface area contributed by atoms with E-state index >= 15 is 0 Å². The molecule has 29 heavy (non-hydrogen) atoms. The van der Waals surface area contributed by atoms with Gasteiger partial charge >= 0.3 is 0 Å². The third kappa shape index (κ3) is 7.18. The van der Waals surface area contributed by atoms with E-state index < -0.39 is 0 Å². The second-order valence-electron chi connectivity index (χ2n) is 6.58. The first-order valence-electron chi connectivity index (χ1n) is 9.90. The highest BCUT2D eigenvalue weighted by Crippen LogP contribution is 2.10. The summed E-state index contributed by atoms with van der Waals surface area (Å²) in [4.78, 5) is 6.10. The van der Waals surface area contributed by atoms with Crippen LogP contribution < -0.4 is 10.6 Å². The lowest BCUT2D eigenvalue weighted by Crippen LogP contribution is -2.40. The molecule has 2 aromatic heterocycles. The Balaban J connectivity index is 1.51. The Labute approximate surface area is 181 Å². The first kappa shape index (κ1) is 21.3. The van der Waals surface area contributed by atoms with Crippen molar-refractivity contribution >= 4 is 28.9 Å². The molecule has 3 aromatic rings.